The highest BCUT2D eigenvalue weighted by Crippen LogP contribution is 2.26. The maximum absolute atomic E-state index is 12.7. The van der Waals surface area contributed by atoms with Gasteiger partial charge in [0.2, 0.25) is 15.9 Å². The second-order valence-corrected chi connectivity index (χ2v) is 10.3. The molecule has 0 spiro atoms. The van der Waals surface area contributed by atoms with Gasteiger partial charge in [0.05, 0.1) is 11.8 Å². The van der Waals surface area contributed by atoms with Crippen molar-refractivity contribution < 1.29 is 13.2 Å². The van der Waals surface area contributed by atoms with Crippen LogP contribution in [0.15, 0.2) is 0 Å². The Balaban J connectivity index is 1.51. The van der Waals surface area contributed by atoms with Crippen molar-refractivity contribution in [3.63, 3.8) is 0 Å². The summed E-state index contributed by atoms with van der Waals surface area (Å²) in [6, 6.07) is 0.647. The van der Waals surface area contributed by atoms with Crippen molar-refractivity contribution in [3.05, 3.63) is 0 Å². The van der Waals surface area contributed by atoms with Crippen molar-refractivity contribution in [2.75, 3.05) is 32.7 Å². The minimum Gasteiger partial charge on any atom is -0.336 e. The first-order valence-electron chi connectivity index (χ1n) is 9.92. The molecular formula is C18H33N3O3S. The van der Waals surface area contributed by atoms with Gasteiger partial charge in [-0.1, -0.05) is 0 Å². The SMILES string of the molecule is CC1CCCC(C)N1C(=O)CN1CCC(S(=O)(=O)N2CCCC2)CC1. The fourth-order valence-corrected chi connectivity index (χ4v) is 6.70. The van der Waals surface area contributed by atoms with E-state index in [9.17, 15) is 13.2 Å². The second kappa shape index (κ2) is 7.92. The van der Waals surface area contributed by atoms with Crippen LogP contribution in [0.25, 0.3) is 0 Å². The Morgan fingerprint density at radius 1 is 0.880 bits per heavy atom. The zero-order valence-corrected chi connectivity index (χ0v) is 16.5. The third-order valence-electron chi connectivity index (χ3n) is 6.22. The largest absolute Gasteiger partial charge is 0.336 e. The predicted molar refractivity (Wildman–Crippen MR) is 98.8 cm³/mol. The van der Waals surface area contributed by atoms with Crippen LogP contribution in [0.5, 0.6) is 0 Å². The Labute approximate surface area is 152 Å². The minimum atomic E-state index is -3.14. The molecule has 3 aliphatic rings. The molecule has 0 saturated carbocycles. The van der Waals surface area contributed by atoms with E-state index in [4.69, 9.17) is 0 Å². The molecule has 6 nitrogen and oxygen atoms in total. The smallest absolute Gasteiger partial charge is 0.237 e. The summed E-state index contributed by atoms with van der Waals surface area (Å²) in [5, 5.41) is -0.259. The monoisotopic (exact) mass is 371 g/mol. The first-order valence-corrected chi connectivity index (χ1v) is 11.4. The summed E-state index contributed by atoms with van der Waals surface area (Å²) < 4.78 is 27.0. The molecule has 0 N–H and O–H groups in total. The van der Waals surface area contributed by atoms with E-state index in [1.165, 1.54) is 6.42 Å². The highest BCUT2D eigenvalue weighted by atomic mass is 32.2. The lowest BCUT2D eigenvalue weighted by Crippen LogP contribution is -2.52. The molecule has 1 amide bonds. The molecule has 2 atom stereocenters. The van der Waals surface area contributed by atoms with Crippen LogP contribution in [0.1, 0.15) is 58.8 Å². The highest BCUT2D eigenvalue weighted by molar-refractivity contribution is 7.89. The molecule has 0 bridgehead atoms. The fraction of sp³-hybridized carbons (Fsp3) is 0.944. The average Bonchev–Trinajstić information content (AvgIpc) is 3.10. The molecule has 25 heavy (non-hydrogen) atoms. The van der Waals surface area contributed by atoms with Crippen LogP contribution in [0, 0.1) is 0 Å². The van der Waals surface area contributed by atoms with E-state index in [1.807, 2.05) is 0 Å². The summed E-state index contributed by atoms with van der Waals surface area (Å²) in [7, 11) is -3.14. The van der Waals surface area contributed by atoms with Crippen LogP contribution in [0.2, 0.25) is 0 Å². The number of carbonyl (C=O) groups is 1. The van der Waals surface area contributed by atoms with Gasteiger partial charge in [0.15, 0.2) is 0 Å². The Hall–Kier alpha value is -0.660. The van der Waals surface area contributed by atoms with E-state index in [0.717, 1.165) is 25.7 Å². The first kappa shape index (κ1) is 19.1. The molecule has 0 aliphatic carbocycles. The summed E-state index contributed by atoms with van der Waals surface area (Å²) in [4.78, 5) is 16.9. The van der Waals surface area contributed by atoms with Crippen molar-refractivity contribution in [1.29, 1.82) is 0 Å². The molecule has 0 aromatic carbocycles. The number of likely N-dealkylation sites (tertiary alicyclic amines) is 2. The van der Waals surface area contributed by atoms with Crippen molar-refractivity contribution in [3.8, 4) is 0 Å². The van der Waals surface area contributed by atoms with E-state index in [0.29, 0.717) is 57.6 Å². The number of piperidine rings is 2. The Morgan fingerprint density at radius 2 is 1.44 bits per heavy atom. The molecule has 3 heterocycles. The molecular weight excluding hydrogens is 338 g/mol. The molecule has 0 radical (unpaired) electrons. The zero-order chi connectivity index (χ0) is 18.0. The summed E-state index contributed by atoms with van der Waals surface area (Å²) in [6.07, 6.45) is 6.65. The molecule has 3 fully saturated rings. The lowest BCUT2D eigenvalue weighted by Gasteiger charge is -2.41. The zero-order valence-electron chi connectivity index (χ0n) is 15.7. The summed E-state index contributed by atoms with van der Waals surface area (Å²) in [5.41, 5.74) is 0. The predicted octanol–water partition coefficient (Wildman–Crippen LogP) is 1.67. The van der Waals surface area contributed by atoms with Crippen LogP contribution in [-0.2, 0) is 14.8 Å². The quantitative estimate of drug-likeness (QED) is 0.754. The minimum absolute atomic E-state index is 0.209. The molecule has 0 aromatic heterocycles. The van der Waals surface area contributed by atoms with Crippen LogP contribution >= 0.6 is 0 Å². The van der Waals surface area contributed by atoms with E-state index in [2.05, 4.69) is 23.6 Å². The molecule has 0 aromatic rings. The Kier molecular flexibility index (Phi) is 6.06. The van der Waals surface area contributed by atoms with Gasteiger partial charge in [-0.25, -0.2) is 12.7 Å². The van der Waals surface area contributed by atoms with Crippen LogP contribution in [-0.4, -0.2) is 78.5 Å². The summed E-state index contributed by atoms with van der Waals surface area (Å²) in [5.74, 6) is 0.209. The Morgan fingerprint density at radius 3 is 2.00 bits per heavy atom. The second-order valence-electron chi connectivity index (χ2n) is 8.06. The van der Waals surface area contributed by atoms with Gasteiger partial charge < -0.3 is 4.90 Å². The third-order valence-corrected chi connectivity index (χ3v) is 8.62. The van der Waals surface area contributed by atoms with E-state index in [1.54, 1.807) is 4.31 Å². The Bertz CT molecular complexity index is 556. The molecule has 3 rings (SSSR count). The molecule has 3 saturated heterocycles. The van der Waals surface area contributed by atoms with Gasteiger partial charge in [-0.15, -0.1) is 0 Å². The van der Waals surface area contributed by atoms with Gasteiger partial charge in [0.1, 0.15) is 0 Å². The summed E-state index contributed by atoms with van der Waals surface area (Å²) >= 11 is 0. The number of sulfonamides is 1. The van der Waals surface area contributed by atoms with Crippen LogP contribution in [0.4, 0.5) is 0 Å². The highest BCUT2D eigenvalue weighted by Gasteiger charge is 2.37. The van der Waals surface area contributed by atoms with Gasteiger partial charge in [-0.05, 0) is 71.9 Å². The standard InChI is InChI=1S/C18H33N3O3S/c1-15-6-5-7-16(2)21(15)18(22)14-19-12-8-17(9-13-19)25(23,24)20-10-3-4-11-20/h15-17H,3-14H2,1-2H3. The van der Waals surface area contributed by atoms with Gasteiger partial charge in [-0.3, -0.25) is 9.69 Å². The van der Waals surface area contributed by atoms with Crippen molar-refractivity contribution in [2.45, 2.75) is 76.1 Å². The average molecular weight is 372 g/mol. The van der Waals surface area contributed by atoms with E-state index in [-0.39, 0.29) is 11.2 Å². The van der Waals surface area contributed by atoms with Crippen LogP contribution < -0.4 is 0 Å². The van der Waals surface area contributed by atoms with E-state index < -0.39 is 10.0 Å². The van der Waals surface area contributed by atoms with Gasteiger partial charge >= 0.3 is 0 Å². The number of hydrogen-bond donors (Lipinski definition) is 0. The van der Waals surface area contributed by atoms with Crippen molar-refractivity contribution >= 4 is 15.9 Å². The molecule has 2 unspecified atom stereocenters. The topological polar surface area (TPSA) is 60.9 Å². The van der Waals surface area contributed by atoms with Gasteiger partial charge in [-0.2, -0.15) is 0 Å². The fourth-order valence-electron chi connectivity index (χ4n) is 4.70. The number of amides is 1. The van der Waals surface area contributed by atoms with Crippen molar-refractivity contribution in [2.24, 2.45) is 0 Å². The number of hydrogen-bond acceptors (Lipinski definition) is 4. The maximum atomic E-state index is 12.7. The lowest BCUT2D eigenvalue weighted by molar-refractivity contribution is -0.138. The number of rotatable bonds is 4. The van der Waals surface area contributed by atoms with Crippen molar-refractivity contribution in [1.82, 2.24) is 14.1 Å². The normalized spacial score (nSPS) is 30.7. The van der Waals surface area contributed by atoms with E-state index >= 15 is 0 Å². The first-order chi connectivity index (χ1) is 11.9. The van der Waals surface area contributed by atoms with Crippen LogP contribution in [0.3, 0.4) is 0 Å². The number of nitrogens with zero attached hydrogens (tertiary/aromatic N) is 3. The van der Waals surface area contributed by atoms with Gasteiger partial charge in [0.25, 0.3) is 0 Å². The number of carbonyl (C=O) groups excluding carboxylic acids is 1. The maximum Gasteiger partial charge on any atom is 0.237 e. The molecule has 3 aliphatic heterocycles. The molecule has 7 heteroatoms. The van der Waals surface area contributed by atoms with Gasteiger partial charge in [0, 0.05) is 25.2 Å². The summed E-state index contributed by atoms with van der Waals surface area (Å²) in [6.45, 7) is 7.51. The third kappa shape index (κ3) is 4.19. The molecule has 144 valence electrons. The lowest BCUT2D eigenvalue weighted by atomic mass is 9.97.